The number of hydrogen-bond donors (Lipinski definition) is 1. The van der Waals surface area contributed by atoms with Crippen molar-refractivity contribution in [2.24, 2.45) is 5.92 Å². The van der Waals surface area contributed by atoms with Gasteiger partial charge in [-0.05, 0) is 30.5 Å². The smallest absolute Gasteiger partial charge is 0.323 e. The molecule has 0 saturated heterocycles. The monoisotopic (exact) mass is 357 g/mol. The maximum Gasteiger partial charge on any atom is 0.323 e. The number of likely N-dealkylation sites (N-methyl/N-ethyl adjacent to an activating group) is 1. The van der Waals surface area contributed by atoms with Gasteiger partial charge in [-0.15, -0.1) is 0 Å². The minimum absolute atomic E-state index is 0.172. The summed E-state index contributed by atoms with van der Waals surface area (Å²) in [7, 11) is 3.10. The summed E-state index contributed by atoms with van der Waals surface area (Å²) in [6, 6.07) is 7.75. The topological polar surface area (TPSA) is 66.8 Å². The molecule has 0 aliphatic carbocycles. The van der Waals surface area contributed by atoms with Crippen LogP contribution in [0.15, 0.2) is 28.7 Å². The van der Waals surface area contributed by atoms with E-state index in [0.29, 0.717) is 19.4 Å². The minimum atomic E-state index is -1.02. The number of ether oxygens (including phenoxy) is 1. The molecule has 1 rings (SSSR count). The lowest BCUT2D eigenvalue weighted by Crippen LogP contribution is -2.37. The fraction of sp³-hybridized carbons (Fsp3) is 0.467. The Morgan fingerprint density at radius 3 is 2.71 bits per heavy atom. The average molecular weight is 358 g/mol. The van der Waals surface area contributed by atoms with Crippen molar-refractivity contribution in [2.75, 3.05) is 27.3 Å². The van der Waals surface area contributed by atoms with Crippen LogP contribution in [0.2, 0.25) is 0 Å². The quantitative estimate of drug-likeness (QED) is 0.774. The van der Waals surface area contributed by atoms with Crippen molar-refractivity contribution >= 4 is 27.8 Å². The molecule has 1 N–H and O–H groups in total. The molecular weight excluding hydrogens is 338 g/mol. The highest BCUT2D eigenvalue weighted by molar-refractivity contribution is 9.10. The van der Waals surface area contributed by atoms with E-state index < -0.39 is 5.97 Å². The second-order valence-corrected chi connectivity index (χ2v) is 5.82. The van der Waals surface area contributed by atoms with Gasteiger partial charge >= 0.3 is 5.97 Å². The average Bonchev–Trinajstić information content (AvgIpc) is 2.42. The molecule has 1 atom stereocenters. The summed E-state index contributed by atoms with van der Waals surface area (Å²) in [6.45, 7) is 0.173. The van der Waals surface area contributed by atoms with E-state index in [1.165, 1.54) is 11.9 Å². The van der Waals surface area contributed by atoms with Crippen LogP contribution in [-0.4, -0.2) is 49.2 Å². The molecule has 5 nitrogen and oxygen atoms in total. The van der Waals surface area contributed by atoms with Gasteiger partial charge in [0.15, 0.2) is 0 Å². The third-order valence-corrected chi connectivity index (χ3v) is 3.63. The van der Waals surface area contributed by atoms with Gasteiger partial charge in [0.2, 0.25) is 5.91 Å². The molecule has 1 amide bonds. The van der Waals surface area contributed by atoms with Crippen LogP contribution in [-0.2, 0) is 20.7 Å². The number of halogens is 1. The zero-order valence-corrected chi connectivity index (χ0v) is 13.8. The lowest BCUT2D eigenvalue weighted by molar-refractivity contribution is -0.145. The SMILES string of the molecule is COCCC(Cc1cccc(Br)c1)C(=O)N(C)CC(=O)O. The van der Waals surface area contributed by atoms with Crippen molar-refractivity contribution in [3.05, 3.63) is 34.3 Å². The van der Waals surface area contributed by atoms with Crippen molar-refractivity contribution < 1.29 is 19.4 Å². The molecule has 0 radical (unpaired) electrons. The Morgan fingerprint density at radius 2 is 2.14 bits per heavy atom. The zero-order chi connectivity index (χ0) is 15.8. The first kappa shape index (κ1) is 17.7. The summed E-state index contributed by atoms with van der Waals surface area (Å²) < 4.78 is 6.00. The molecule has 0 aromatic heterocycles. The highest BCUT2D eigenvalue weighted by Gasteiger charge is 2.23. The van der Waals surface area contributed by atoms with Gasteiger partial charge in [-0.1, -0.05) is 28.1 Å². The van der Waals surface area contributed by atoms with Gasteiger partial charge in [0.1, 0.15) is 6.54 Å². The summed E-state index contributed by atoms with van der Waals surface area (Å²) in [5, 5.41) is 8.79. The first-order valence-corrected chi connectivity index (χ1v) is 7.43. The molecule has 6 heteroatoms. The number of methoxy groups -OCH3 is 1. The normalized spacial score (nSPS) is 12.0. The summed E-state index contributed by atoms with van der Waals surface area (Å²) in [4.78, 5) is 24.3. The second kappa shape index (κ2) is 8.79. The fourth-order valence-corrected chi connectivity index (χ4v) is 2.56. The summed E-state index contributed by atoms with van der Waals surface area (Å²) in [5.74, 6) is -1.48. The summed E-state index contributed by atoms with van der Waals surface area (Å²) >= 11 is 3.41. The first-order chi connectivity index (χ1) is 9.93. The van der Waals surface area contributed by atoms with Crippen molar-refractivity contribution in [3.63, 3.8) is 0 Å². The molecule has 0 bridgehead atoms. The zero-order valence-electron chi connectivity index (χ0n) is 12.2. The van der Waals surface area contributed by atoms with Gasteiger partial charge in [-0.2, -0.15) is 0 Å². The molecule has 0 aliphatic rings. The van der Waals surface area contributed by atoms with E-state index in [-0.39, 0.29) is 18.4 Å². The number of carbonyl (C=O) groups is 2. The molecule has 0 spiro atoms. The van der Waals surface area contributed by atoms with Crippen molar-refractivity contribution in [1.29, 1.82) is 0 Å². The van der Waals surface area contributed by atoms with Crippen molar-refractivity contribution in [1.82, 2.24) is 4.90 Å². The molecule has 0 fully saturated rings. The molecule has 1 unspecified atom stereocenters. The Morgan fingerprint density at radius 1 is 1.43 bits per heavy atom. The number of carbonyl (C=O) groups excluding carboxylic acids is 1. The molecule has 0 aliphatic heterocycles. The molecule has 1 aromatic carbocycles. The molecule has 1 aromatic rings. The number of rotatable bonds is 8. The Labute approximate surface area is 133 Å². The summed E-state index contributed by atoms with van der Waals surface area (Å²) in [6.07, 6.45) is 1.12. The van der Waals surface area contributed by atoms with Gasteiger partial charge < -0.3 is 14.7 Å². The second-order valence-electron chi connectivity index (χ2n) is 4.90. The number of carboxylic acids is 1. The van der Waals surface area contributed by atoms with E-state index >= 15 is 0 Å². The number of nitrogens with zero attached hydrogens (tertiary/aromatic N) is 1. The van der Waals surface area contributed by atoms with Gasteiger partial charge in [0.05, 0.1) is 0 Å². The van der Waals surface area contributed by atoms with Crippen LogP contribution in [0.4, 0.5) is 0 Å². The van der Waals surface area contributed by atoms with Crippen molar-refractivity contribution in [3.8, 4) is 0 Å². The van der Waals surface area contributed by atoms with Crippen LogP contribution in [0.3, 0.4) is 0 Å². The summed E-state index contributed by atoms with van der Waals surface area (Å²) in [5.41, 5.74) is 1.03. The van der Waals surface area contributed by atoms with Crippen LogP contribution >= 0.6 is 15.9 Å². The molecule has 0 saturated carbocycles. The van der Waals surface area contributed by atoms with Gasteiger partial charge in [-0.3, -0.25) is 9.59 Å². The number of aliphatic carboxylic acids is 1. The van der Waals surface area contributed by atoms with E-state index in [4.69, 9.17) is 9.84 Å². The van der Waals surface area contributed by atoms with Gasteiger partial charge in [0, 0.05) is 31.2 Å². The van der Waals surface area contributed by atoms with Crippen LogP contribution in [0.1, 0.15) is 12.0 Å². The number of hydrogen-bond acceptors (Lipinski definition) is 3. The lowest BCUT2D eigenvalue weighted by atomic mass is 9.95. The van der Waals surface area contributed by atoms with E-state index in [2.05, 4.69) is 15.9 Å². The number of benzene rings is 1. The predicted octanol–water partition coefficient (Wildman–Crippen LogP) is 2.19. The van der Waals surface area contributed by atoms with E-state index in [1.807, 2.05) is 24.3 Å². The maximum absolute atomic E-state index is 12.4. The Hall–Kier alpha value is -1.40. The minimum Gasteiger partial charge on any atom is -0.480 e. The van der Waals surface area contributed by atoms with E-state index in [9.17, 15) is 9.59 Å². The van der Waals surface area contributed by atoms with E-state index in [1.54, 1.807) is 7.11 Å². The van der Waals surface area contributed by atoms with Crippen LogP contribution < -0.4 is 0 Å². The van der Waals surface area contributed by atoms with E-state index in [0.717, 1.165) is 10.0 Å². The molecule has 0 heterocycles. The Bertz CT molecular complexity index is 492. The Balaban J connectivity index is 2.79. The number of amides is 1. The predicted molar refractivity (Wildman–Crippen MR) is 83.1 cm³/mol. The largest absolute Gasteiger partial charge is 0.480 e. The molecular formula is C15H20BrNO4. The fourth-order valence-electron chi connectivity index (χ4n) is 2.11. The molecule has 21 heavy (non-hydrogen) atoms. The highest BCUT2D eigenvalue weighted by Crippen LogP contribution is 2.18. The maximum atomic E-state index is 12.4. The Kier molecular flexibility index (Phi) is 7.39. The third kappa shape index (κ3) is 6.27. The van der Waals surface area contributed by atoms with Gasteiger partial charge in [0.25, 0.3) is 0 Å². The van der Waals surface area contributed by atoms with Gasteiger partial charge in [-0.25, -0.2) is 0 Å². The highest BCUT2D eigenvalue weighted by atomic mass is 79.9. The van der Waals surface area contributed by atoms with Crippen LogP contribution in [0.5, 0.6) is 0 Å². The number of carboxylic acid groups (broad SMARTS) is 1. The molecule has 116 valence electrons. The van der Waals surface area contributed by atoms with Crippen molar-refractivity contribution in [2.45, 2.75) is 12.8 Å². The standard InChI is InChI=1S/C15H20BrNO4/c1-17(10-14(18)19)15(20)12(6-7-21-2)8-11-4-3-5-13(16)9-11/h3-5,9,12H,6-8,10H2,1-2H3,(H,18,19). The lowest BCUT2D eigenvalue weighted by Gasteiger charge is -2.22. The first-order valence-electron chi connectivity index (χ1n) is 6.64. The third-order valence-electron chi connectivity index (χ3n) is 3.14. The van der Waals surface area contributed by atoms with Crippen LogP contribution in [0.25, 0.3) is 0 Å². The van der Waals surface area contributed by atoms with Crippen LogP contribution in [0, 0.1) is 5.92 Å².